The van der Waals surface area contributed by atoms with Gasteiger partial charge in [0.2, 0.25) is 6.79 Å². The second-order valence-corrected chi connectivity index (χ2v) is 9.51. The van der Waals surface area contributed by atoms with Crippen LogP contribution in [0.2, 0.25) is 0 Å². The predicted octanol–water partition coefficient (Wildman–Crippen LogP) is 4.59. The fourth-order valence-electron chi connectivity index (χ4n) is 4.17. The number of anilines is 2. The normalized spacial score (nSPS) is 14.3. The lowest BCUT2D eigenvalue weighted by Crippen LogP contribution is -2.26. The average Bonchev–Trinajstić information content (AvgIpc) is 3.63. The molecule has 4 aromatic rings. The minimum Gasteiger partial charge on any atom is -0.510 e. The van der Waals surface area contributed by atoms with Crippen LogP contribution in [0.3, 0.4) is 0 Å². The second kappa shape index (κ2) is 9.52. The zero-order valence-electron chi connectivity index (χ0n) is 19.8. The van der Waals surface area contributed by atoms with Crippen LogP contribution in [0.4, 0.5) is 11.4 Å². The molecule has 0 bridgehead atoms. The molecular formula is C27H20N4O6S. The number of hydrogen-bond donors (Lipinski definition) is 3. The van der Waals surface area contributed by atoms with E-state index in [-0.39, 0.29) is 30.5 Å². The zero-order chi connectivity index (χ0) is 26.2. The number of carbonyl (C=O) groups excluding carboxylic acids is 2. The van der Waals surface area contributed by atoms with E-state index >= 15 is 0 Å². The topological polar surface area (TPSA) is 134 Å². The van der Waals surface area contributed by atoms with Gasteiger partial charge in [0.25, 0.3) is 5.91 Å². The van der Waals surface area contributed by atoms with Crippen molar-refractivity contribution in [2.45, 2.75) is 0 Å². The fraction of sp³-hybridized carbons (Fsp3) is 0.111. The van der Waals surface area contributed by atoms with Crippen molar-refractivity contribution >= 4 is 56.2 Å². The van der Waals surface area contributed by atoms with Gasteiger partial charge in [0.1, 0.15) is 16.6 Å². The van der Waals surface area contributed by atoms with Crippen molar-refractivity contribution < 1.29 is 28.9 Å². The van der Waals surface area contributed by atoms with Gasteiger partial charge in [-0.05, 0) is 48.5 Å². The molecule has 3 heterocycles. The summed E-state index contributed by atoms with van der Waals surface area (Å²) >= 11 is 1.42. The van der Waals surface area contributed by atoms with E-state index in [2.05, 4.69) is 10.3 Å². The molecule has 1 amide bonds. The number of ether oxygens (including phenoxy) is 3. The Morgan fingerprint density at radius 1 is 1.08 bits per heavy atom. The Morgan fingerprint density at radius 3 is 2.68 bits per heavy atom. The maximum atomic E-state index is 12.5. The summed E-state index contributed by atoms with van der Waals surface area (Å²) < 4.78 is 16.6. The SMILES string of the molecule is N=C1C(c2nc3ccccc3s2)=C(O)CN1c1ccc(C(=O)OCC(=O)Nc2ccc3c(c2)OCO3)cc1. The Hall–Kier alpha value is -4.90. The first-order valence-corrected chi connectivity index (χ1v) is 12.4. The van der Waals surface area contributed by atoms with E-state index in [1.54, 1.807) is 47.4 Å². The van der Waals surface area contributed by atoms with Crippen LogP contribution in [0, 0.1) is 5.41 Å². The first-order chi connectivity index (χ1) is 18.5. The van der Waals surface area contributed by atoms with Gasteiger partial charge in [0.15, 0.2) is 18.1 Å². The lowest BCUT2D eigenvalue weighted by atomic mass is 10.2. The molecule has 38 heavy (non-hydrogen) atoms. The first kappa shape index (κ1) is 23.5. The number of aliphatic hydroxyl groups excluding tert-OH is 1. The van der Waals surface area contributed by atoms with Gasteiger partial charge in [0, 0.05) is 17.4 Å². The summed E-state index contributed by atoms with van der Waals surface area (Å²) in [5, 5.41) is 22.5. The Bertz CT molecular complexity index is 1600. The number of thiazole rings is 1. The molecule has 0 unspecified atom stereocenters. The number of fused-ring (bicyclic) bond motifs is 2. The molecule has 190 valence electrons. The van der Waals surface area contributed by atoms with Crippen molar-refractivity contribution in [2.24, 2.45) is 0 Å². The maximum absolute atomic E-state index is 12.5. The number of carbonyl (C=O) groups is 2. The third-order valence-electron chi connectivity index (χ3n) is 6.02. The van der Waals surface area contributed by atoms with E-state index in [0.29, 0.717) is 33.5 Å². The number of rotatable bonds is 6. The molecule has 0 aliphatic carbocycles. The van der Waals surface area contributed by atoms with Crippen LogP contribution in [-0.2, 0) is 9.53 Å². The number of aromatic nitrogens is 1. The Morgan fingerprint density at radius 2 is 1.87 bits per heavy atom. The summed E-state index contributed by atoms with van der Waals surface area (Å²) in [5.41, 5.74) is 2.57. The number of benzene rings is 3. The van der Waals surface area contributed by atoms with E-state index < -0.39 is 18.5 Å². The van der Waals surface area contributed by atoms with Gasteiger partial charge >= 0.3 is 5.97 Å². The lowest BCUT2D eigenvalue weighted by Gasteiger charge is -2.18. The molecule has 0 atom stereocenters. The molecule has 1 aromatic heterocycles. The summed E-state index contributed by atoms with van der Waals surface area (Å²) in [6.45, 7) is -0.215. The van der Waals surface area contributed by atoms with Gasteiger partial charge in [0.05, 0.1) is 27.9 Å². The van der Waals surface area contributed by atoms with Crippen LogP contribution in [-0.4, -0.2) is 47.7 Å². The van der Waals surface area contributed by atoms with E-state index in [9.17, 15) is 14.7 Å². The average molecular weight is 529 g/mol. The van der Waals surface area contributed by atoms with Crippen LogP contribution >= 0.6 is 11.3 Å². The highest BCUT2D eigenvalue weighted by Gasteiger charge is 2.31. The Balaban J connectivity index is 1.07. The zero-order valence-corrected chi connectivity index (χ0v) is 20.6. The van der Waals surface area contributed by atoms with Crippen LogP contribution in [0.1, 0.15) is 15.4 Å². The summed E-state index contributed by atoms with van der Waals surface area (Å²) in [6, 6.07) is 19.0. The highest BCUT2D eigenvalue weighted by atomic mass is 32.1. The molecule has 0 saturated heterocycles. The predicted molar refractivity (Wildman–Crippen MR) is 142 cm³/mol. The fourth-order valence-corrected chi connectivity index (χ4v) is 5.20. The highest BCUT2D eigenvalue weighted by Crippen LogP contribution is 2.36. The third-order valence-corrected chi connectivity index (χ3v) is 7.07. The number of amides is 1. The number of hydrogen-bond acceptors (Lipinski definition) is 9. The molecule has 0 saturated carbocycles. The monoisotopic (exact) mass is 528 g/mol. The summed E-state index contributed by atoms with van der Waals surface area (Å²) in [5.74, 6) is 0.152. The number of esters is 1. The summed E-state index contributed by atoms with van der Waals surface area (Å²) in [4.78, 5) is 30.9. The van der Waals surface area contributed by atoms with E-state index in [1.165, 1.54) is 11.3 Å². The van der Waals surface area contributed by atoms with Crippen LogP contribution in [0.25, 0.3) is 15.8 Å². The molecule has 10 nitrogen and oxygen atoms in total. The van der Waals surface area contributed by atoms with Crippen molar-refractivity contribution in [1.29, 1.82) is 5.41 Å². The quantitative estimate of drug-likeness (QED) is 0.310. The van der Waals surface area contributed by atoms with Gasteiger partial charge in [-0.2, -0.15) is 0 Å². The summed E-state index contributed by atoms with van der Waals surface area (Å²) in [6.07, 6.45) is 0. The smallest absolute Gasteiger partial charge is 0.338 e. The van der Waals surface area contributed by atoms with Gasteiger partial charge in [-0.25, -0.2) is 9.78 Å². The van der Waals surface area contributed by atoms with E-state index in [1.807, 2.05) is 24.3 Å². The molecule has 2 aliphatic heterocycles. The van der Waals surface area contributed by atoms with Crippen molar-refractivity contribution in [2.75, 3.05) is 30.2 Å². The number of amidine groups is 1. The molecule has 0 spiro atoms. The van der Waals surface area contributed by atoms with Gasteiger partial charge in [-0.3, -0.25) is 10.2 Å². The molecule has 3 N–H and O–H groups in total. The number of nitrogens with one attached hydrogen (secondary N) is 2. The summed E-state index contributed by atoms with van der Waals surface area (Å²) in [7, 11) is 0. The highest BCUT2D eigenvalue weighted by molar-refractivity contribution is 7.19. The molecule has 0 fully saturated rings. The van der Waals surface area contributed by atoms with Crippen molar-refractivity contribution in [3.8, 4) is 11.5 Å². The molecule has 11 heteroatoms. The molecular weight excluding hydrogens is 508 g/mol. The van der Waals surface area contributed by atoms with Crippen LogP contribution in [0.15, 0.2) is 72.5 Å². The number of aliphatic hydroxyl groups is 1. The molecule has 2 aliphatic rings. The van der Waals surface area contributed by atoms with Crippen molar-refractivity contribution in [3.05, 3.63) is 83.1 Å². The van der Waals surface area contributed by atoms with Gasteiger partial charge in [-0.15, -0.1) is 11.3 Å². The van der Waals surface area contributed by atoms with E-state index in [4.69, 9.17) is 19.6 Å². The Kier molecular flexibility index (Phi) is 5.89. The van der Waals surface area contributed by atoms with Crippen LogP contribution < -0.4 is 19.7 Å². The van der Waals surface area contributed by atoms with Gasteiger partial charge in [-0.1, -0.05) is 12.1 Å². The standard InChI is InChI=1S/C27H20N4O6S/c28-25-24(26-30-18-3-1-2-4-22(18)38-26)19(32)12-31(25)17-8-5-15(6-9-17)27(34)35-13-23(33)29-16-7-10-20-21(11-16)37-14-36-20/h1-11,28,32H,12-14H2,(H,29,33). The minimum absolute atomic E-state index is 0.0611. The van der Waals surface area contributed by atoms with Crippen LogP contribution in [0.5, 0.6) is 11.5 Å². The molecule has 6 rings (SSSR count). The number of nitrogens with zero attached hydrogens (tertiary/aromatic N) is 2. The Labute approximate surface area is 220 Å². The second-order valence-electron chi connectivity index (χ2n) is 8.48. The molecule has 0 radical (unpaired) electrons. The first-order valence-electron chi connectivity index (χ1n) is 11.6. The maximum Gasteiger partial charge on any atom is 0.338 e. The lowest BCUT2D eigenvalue weighted by molar-refractivity contribution is -0.119. The largest absolute Gasteiger partial charge is 0.510 e. The van der Waals surface area contributed by atoms with E-state index in [0.717, 1.165) is 10.2 Å². The van der Waals surface area contributed by atoms with Crippen molar-refractivity contribution in [3.63, 3.8) is 0 Å². The molecule has 3 aromatic carbocycles. The van der Waals surface area contributed by atoms with Crippen molar-refractivity contribution in [1.82, 2.24) is 4.98 Å². The number of para-hydroxylation sites is 1. The third kappa shape index (κ3) is 4.39. The minimum atomic E-state index is -0.662. The van der Waals surface area contributed by atoms with Gasteiger partial charge < -0.3 is 29.5 Å².